The molecule has 1 aromatic rings. The van der Waals surface area contributed by atoms with E-state index in [1.807, 2.05) is 45.9 Å². The highest BCUT2D eigenvalue weighted by Crippen LogP contribution is 2.29. The van der Waals surface area contributed by atoms with Gasteiger partial charge in [-0.2, -0.15) is 0 Å². The van der Waals surface area contributed by atoms with E-state index in [1.165, 1.54) is 0 Å². The lowest BCUT2D eigenvalue weighted by molar-refractivity contribution is -0.131. The predicted octanol–water partition coefficient (Wildman–Crippen LogP) is 3.37. The van der Waals surface area contributed by atoms with Crippen LogP contribution in [0.25, 0.3) is 0 Å². The Labute approximate surface area is 140 Å². The molecule has 1 unspecified atom stereocenters. The number of hydrogen-bond acceptors (Lipinski definition) is 3. The van der Waals surface area contributed by atoms with Gasteiger partial charge in [0, 0.05) is 12.1 Å². The predicted molar refractivity (Wildman–Crippen MR) is 93.6 cm³/mol. The largest absolute Gasteiger partial charge is 0.496 e. The van der Waals surface area contributed by atoms with E-state index in [4.69, 9.17) is 10.5 Å². The lowest BCUT2D eigenvalue weighted by Crippen LogP contribution is -2.46. The molecule has 1 rings (SSSR count). The summed E-state index contributed by atoms with van der Waals surface area (Å²) in [6.07, 6.45) is 1.48. The molecule has 1 atom stereocenters. The van der Waals surface area contributed by atoms with Crippen molar-refractivity contribution in [3.8, 4) is 5.75 Å². The highest BCUT2D eigenvalue weighted by Gasteiger charge is 2.34. The van der Waals surface area contributed by atoms with E-state index in [1.54, 1.807) is 7.11 Å². The zero-order valence-electron chi connectivity index (χ0n) is 14.2. The minimum Gasteiger partial charge on any atom is -0.496 e. The van der Waals surface area contributed by atoms with E-state index in [0.29, 0.717) is 6.54 Å². The summed E-state index contributed by atoms with van der Waals surface area (Å²) in [6, 6.07) is 5.87. The van der Waals surface area contributed by atoms with Crippen molar-refractivity contribution in [1.82, 2.24) is 5.32 Å². The summed E-state index contributed by atoms with van der Waals surface area (Å²) in [6.45, 7) is 8.38. The summed E-state index contributed by atoms with van der Waals surface area (Å²) in [4.78, 5) is 12.6. The fourth-order valence-electron chi connectivity index (χ4n) is 2.57. The van der Waals surface area contributed by atoms with E-state index >= 15 is 0 Å². The summed E-state index contributed by atoms with van der Waals surface area (Å²) < 4.78 is 5.39. The summed E-state index contributed by atoms with van der Waals surface area (Å²) in [5.41, 5.74) is 7.49. The van der Waals surface area contributed by atoms with E-state index in [9.17, 15) is 4.79 Å². The molecule has 1 amide bonds. The van der Waals surface area contributed by atoms with Crippen LogP contribution in [-0.2, 0) is 4.79 Å². The van der Waals surface area contributed by atoms with Crippen molar-refractivity contribution in [1.29, 1.82) is 0 Å². The van der Waals surface area contributed by atoms with Gasteiger partial charge in [0.25, 0.3) is 0 Å². The third-order valence-corrected chi connectivity index (χ3v) is 4.43. The molecule has 22 heavy (non-hydrogen) atoms. The number of hydrogen-bond donors (Lipinski definition) is 2. The van der Waals surface area contributed by atoms with Crippen LogP contribution in [0, 0.1) is 12.3 Å². The van der Waals surface area contributed by atoms with E-state index in [0.717, 1.165) is 29.7 Å². The molecule has 4 nitrogen and oxygen atoms in total. The smallest absolute Gasteiger partial charge is 0.227 e. The van der Waals surface area contributed by atoms with Crippen LogP contribution in [0.5, 0.6) is 5.75 Å². The molecule has 1 aromatic carbocycles. The number of methoxy groups -OCH3 is 1. The molecule has 3 N–H and O–H groups in total. The van der Waals surface area contributed by atoms with Gasteiger partial charge in [0.1, 0.15) is 5.75 Å². The van der Waals surface area contributed by atoms with Gasteiger partial charge in [-0.25, -0.2) is 0 Å². The normalized spacial score (nSPS) is 12.3. The van der Waals surface area contributed by atoms with Gasteiger partial charge in [0.05, 0.1) is 18.6 Å². The first-order chi connectivity index (χ1) is 9.93. The maximum absolute atomic E-state index is 12.6. The number of halogens is 1. The zero-order valence-corrected chi connectivity index (χ0v) is 15.0. The molecular formula is C17H29ClN2O2. The molecule has 0 aliphatic rings. The Morgan fingerprint density at radius 1 is 1.36 bits per heavy atom. The minimum atomic E-state index is -0.481. The topological polar surface area (TPSA) is 64.4 Å². The standard InChI is InChI=1S/C17H28N2O2.ClH/c1-6-17(7-2,11-18)16(20)19-13(4)14-10-12(3)8-9-15(14)21-5;/h8-10,13H,6-7,11,18H2,1-5H3,(H,19,20);1H. The number of ether oxygens (including phenoxy) is 1. The number of carbonyl (C=O) groups is 1. The van der Waals surface area contributed by atoms with Crippen LogP contribution in [0.1, 0.15) is 50.8 Å². The van der Waals surface area contributed by atoms with Crippen molar-refractivity contribution in [2.75, 3.05) is 13.7 Å². The molecule has 126 valence electrons. The Morgan fingerprint density at radius 2 is 1.95 bits per heavy atom. The average molecular weight is 329 g/mol. The maximum atomic E-state index is 12.6. The number of carbonyl (C=O) groups excluding carboxylic acids is 1. The molecule has 0 aliphatic heterocycles. The quantitative estimate of drug-likeness (QED) is 0.806. The molecular weight excluding hydrogens is 300 g/mol. The number of amides is 1. The number of rotatable bonds is 7. The van der Waals surface area contributed by atoms with Crippen LogP contribution >= 0.6 is 12.4 Å². The van der Waals surface area contributed by atoms with Gasteiger partial charge in [-0.1, -0.05) is 31.5 Å². The van der Waals surface area contributed by atoms with E-state index in [2.05, 4.69) is 5.32 Å². The fourth-order valence-corrected chi connectivity index (χ4v) is 2.57. The van der Waals surface area contributed by atoms with Gasteiger partial charge in [0.2, 0.25) is 5.91 Å². The summed E-state index contributed by atoms with van der Waals surface area (Å²) >= 11 is 0. The Morgan fingerprint density at radius 3 is 2.41 bits per heavy atom. The highest BCUT2D eigenvalue weighted by molar-refractivity contribution is 5.85. The highest BCUT2D eigenvalue weighted by atomic mass is 35.5. The van der Waals surface area contributed by atoms with E-state index in [-0.39, 0.29) is 24.4 Å². The lowest BCUT2D eigenvalue weighted by Gasteiger charge is -2.30. The molecule has 5 heteroatoms. The van der Waals surface area contributed by atoms with Crippen molar-refractivity contribution in [3.05, 3.63) is 29.3 Å². The Kier molecular flexibility index (Phi) is 8.49. The molecule has 0 heterocycles. The van der Waals surface area contributed by atoms with Gasteiger partial charge >= 0.3 is 0 Å². The Bertz CT molecular complexity index is 479. The second kappa shape index (κ2) is 9.01. The minimum absolute atomic E-state index is 0. The second-order valence-electron chi connectivity index (χ2n) is 5.63. The first-order valence-corrected chi connectivity index (χ1v) is 7.59. The van der Waals surface area contributed by atoms with Crippen LogP contribution in [0.3, 0.4) is 0 Å². The van der Waals surface area contributed by atoms with Gasteiger partial charge in [-0.05, 0) is 32.8 Å². The van der Waals surface area contributed by atoms with Gasteiger partial charge in [0.15, 0.2) is 0 Å². The fraction of sp³-hybridized carbons (Fsp3) is 0.588. The first-order valence-electron chi connectivity index (χ1n) is 7.59. The van der Waals surface area contributed by atoms with Crippen LogP contribution in [0.4, 0.5) is 0 Å². The third-order valence-electron chi connectivity index (χ3n) is 4.43. The van der Waals surface area contributed by atoms with Crippen molar-refractivity contribution in [3.63, 3.8) is 0 Å². The summed E-state index contributed by atoms with van der Waals surface area (Å²) in [7, 11) is 1.64. The van der Waals surface area contributed by atoms with Crippen molar-refractivity contribution in [2.45, 2.75) is 46.6 Å². The SMILES string of the molecule is CCC(CC)(CN)C(=O)NC(C)c1cc(C)ccc1OC.Cl. The monoisotopic (exact) mass is 328 g/mol. The van der Waals surface area contributed by atoms with Crippen molar-refractivity contribution >= 4 is 18.3 Å². The molecule has 0 saturated carbocycles. The number of nitrogens with one attached hydrogen (secondary N) is 1. The Hall–Kier alpha value is -1.26. The average Bonchev–Trinajstić information content (AvgIpc) is 2.49. The summed E-state index contributed by atoms with van der Waals surface area (Å²) in [5, 5.41) is 3.09. The molecule has 0 saturated heterocycles. The Balaban J connectivity index is 0.00000441. The van der Waals surface area contributed by atoms with Crippen LogP contribution < -0.4 is 15.8 Å². The summed E-state index contributed by atoms with van der Waals surface area (Å²) in [5.74, 6) is 0.811. The maximum Gasteiger partial charge on any atom is 0.227 e. The van der Waals surface area contributed by atoms with Crippen LogP contribution in [-0.4, -0.2) is 19.6 Å². The van der Waals surface area contributed by atoms with E-state index < -0.39 is 5.41 Å². The second-order valence-corrected chi connectivity index (χ2v) is 5.63. The number of aryl methyl sites for hydroxylation is 1. The number of benzene rings is 1. The number of nitrogens with two attached hydrogens (primary N) is 1. The molecule has 0 fully saturated rings. The molecule has 0 aliphatic carbocycles. The third kappa shape index (κ3) is 4.37. The molecule has 0 bridgehead atoms. The first kappa shape index (κ1) is 20.7. The van der Waals surface area contributed by atoms with Crippen LogP contribution in [0.2, 0.25) is 0 Å². The van der Waals surface area contributed by atoms with Crippen molar-refractivity contribution < 1.29 is 9.53 Å². The van der Waals surface area contributed by atoms with Crippen LogP contribution in [0.15, 0.2) is 18.2 Å². The lowest BCUT2D eigenvalue weighted by atomic mass is 9.81. The van der Waals surface area contributed by atoms with Gasteiger partial charge < -0.3 is 15.8 Å². The van der Waals surface area contributed by atoms with Crippen molar-refractivity contribution in [2.24, 2.45) is 11.1 Å². The van der Waals surface area contributed by atoms with Gasteiger partial charge in [-0.15, -0.1) is 12.4 Å². The molecule has 0 aromatic heterocycles. The molecule has 0 radical (unpaired) electrons. The van der Waals surface area contributed by atoms with Gasteiger partial charge in [-0.3, -0.25) is 4.79 Å². The molecule has 0 spiro atoms. The zero-order chi connectivity index (χ0) is 16.0.